The molecule has 0 aliphatic rings. The number of alkyl halides is 3. The first-order chi connectivity index (χ1) is 8.70. The number of hydrogen-bond acceptors (Lipinski definition) is 3. The van der Waals surface area contributed by atoms with E-state index >= 15 is 0 Å². The van der Waals surface area contributed by atoms with Crippen LogP contribution in [-0.4, -0.2) is 22.1 Å². The summed E-state index contributed by atoms with van der Waals surface area (Å²) in [6.45, 7) is 3.66. The third kappa shape index (κ3) is 4.76. The van der Waals surface area contributed by atoms with Crippen molar-refractivity contribution >= 4 is 11.8 Å². The van der Waals surface area contributed by atoms with E-state index in [0.717, 1.165) is 6.07 Å². The molecule has 106 valence electrons. The predicted octanol–water partition coefficient (Wildman–Crippen LogP) is 3.01. The minimum atomic E-state index is -4.55. The molecule has 0 spiro atoms. The second-order valence-electron chi connectivity index (χ2n) is 4.57. The van der Waals surface area contributed by atoms with Gasteiger partial charge in [0.15, 0.2) is 0 Å². The maximum absolute atomic E-state index is 12.5. The zero-order valence-electron chi connectivity index (χ0n) is 10.5. The lowest BCUT2D eigenvalue weighted by atomic mass is 10.0. The number of nitrogens with zero attached hydrogens (tertiary/aromatic N) is 1. The van der Waals surface area contributed by atoms with Crippen LogP contribution in [0.5, 0.6) is 0 Å². The Bertz CT molecular complexity index is 447. The number of nitrogens with one attached hydrogen (secondary N) is 1. The summed E-state index contributed by atoms with van der Waals surface area (Å²) in [6, 6.07) is 2.37. The quantitative estimate of drug-likeness (QED) is 0.867. The molecule has 1 heterocycles. The molecule has 1 rings (SSSR count). The molecular weight excluding hydrogens is 261 g/mol. The Morgan fingerprint density at radius 1 is 1.42 bits per heavy atom. The van der Waals surface area contributed by atoms with Crippen LogP contribution in [0.15, 0.2) is 18.2 Å². The van der Waals surface area contributed by atoms with E-state index in [1.54, 1.807) is 0 Å². The summed E-state index contributed by atoms with van der Waals surface area (Å²) >= 11 is 0. The number of aliphatic carboxylic acids is 1. The Labute approximate surface area is 108 Å². The monoisotopic (exact) mass is 276 g/mol. The van der Waals surface area contributed by atoms with Gasteiger partial charge in [0.1, 0.15) is 17.6 Å². The van der Waals surface area contributed by atoms with Crippen molar-refractivity contribution in [1.82, 2.24) is 4.98 Å². The fraction of sp³-hybridized carbons (Fsp3) is 0.500. The number of carbonyl (C=O) groups is 1. The van der Waals surface area contributed by atoms with Crippen LogP contribution in [0.1, 0.15) is 26.0 Å². The Morgan fingerprint density at radius 3 is 2.53 bits per heavy atom. The average Bonchev–Trinajstić information content (AvgIpc) is 2.26. The van der Waals surface area contributed by atoms with Crippen molar-refractivity contribution in [3.8, 4) is 0 Å². The molecule has 1 aromatic heterocycles. The van der Waals surface area contributed by atoms with Gasteiger partial charge in [-0.05, 0) is 24.5 Å². The van der Waals surface area contributed by atoms with Gasteiger partial charge >= 0.3 is 12.1 Å². The third-order valence-corrected chi connectivity index (χ3v) is 2.37. The molecule has 0 saturated carbocycles. The van der Waals surface area contributed by atoms with Crippen LogP contribution >= 0.6 is 0 Å². The molecule has 1 atom stereocenters. The fourth-order valence-corrected chi connectivity index (χ4v) is 1.54. The first kappa shape index (κ1) is 15.3. The van der Waals surface area contributed by atoms with E-state index in [-0.39, 0.29) is 11.7 Å². The number of pyridine rings is 1. The highest BCUT2D eigenvalue weighted by molar-refractivity contribution is 5.76. The Hall–Kier alpha value is -1.79. The molecular formula is C12H15F3N2O2. The molecule has 2 N–H and O–H groups in total. The van der Waals surface area contributed by atoms with Crippen molar-refractivity contribution in [3.63, 3.8) is 0 Å². The normalized spacial score (nSPS) is 13.4. The summed E-state index contributed by atoms with van der Waals surface area (Å²) in [7, 11) is 0. The molecule has 0 aromatic carbocycles. The minimum absolute atomic E-state index is 0.0946. The van der Waals surface area contributed by atoms with Crippen LogP contribution in [0, 0.1) is 5.92 Å². The van der Waals surface area contributed by atoms with Crippen LogP contribution in [0.4, 0.5) is 19.0 Å². The SMILES string of the molecule is CC(C)C[C@@H](Nc1cccc(C(F)(F)F)n1)C(=O)O. The van der Waals surface area contributed by atoms with E-state index < -0.39 is 23.9 Å². The number of hydrogen-bond donors (Lipinski definition) is 2. The van der Waals surface area contributed by atoms with Gasteiger partial charge in [-0.25, -0.2) is 9.78 Å². The number of halogens is 3. The van der Waals surface area contributed by atoms with Gasteiger partial charge in [-0.2, -0.15) is 13.2 Å². The van der Waals surface area contributed by atoms with Crippen molar-refractivity contribution in [3.05, 3.63) is 23.9 Å². The van der Waals surface area contributed by atoms with E-state index in [9.17, 15) is 18.0 Å². The number of carboxylic acids is 1. The molecule has 0 bridgehead atoms. The Kier molecular flexibility index (Phi) is 4.74. The molecule has 0 aliphatic carbocycles. The van der Waals surface area contributed by atoms with Gasteiger partial charge in [-0.1, -0.05) is 19.9 Å². The van der Waals surface area contributed by atoms with Gasteiger partial charge in [0.05, 0.1) is 0 Å². The van der Waals surface area contributed by atoms with Crippen LogP contribution in [0.25, 0.3) is 0 Å². The predicted molar refractivity (Wildman–Crippen MR) is 63.7 cm³/mol. The summed E-state index contributed by atoms with van der Waals surface area (Å²) in [5.41, 5.74) is -1.05. The van der Waals surface area contributed by atoms with Crippen molar-refractivity contribution < 1.29 is 23.1 Å². The molecule has 0 aliphatic heterocycles. The molecule has 0 fully saturated rings. The molecule has 19 heavy (non-hydrogen) atoms. The highest BCUT2D eigenvalue weighted by Crippen LogP contribution is 2.28. The van der Waals surface area contributed by atoms with Gasteiger partial charge in [0.2, 0.25) is 0 Å². The highest BCUT2D eigenvalue weighted by atomic mass is 19.4. The number of rotatable bonds is 5. The summed E-state index contributed by atoms with van der Waals surface area (Å²) in [5.74, 6) is -1.12. The molecule has 0 unspecified atom stereocenters. The van der Waals surface area contributed by atoms with Crippen molar-refractivity contribution in [1.29, 1.82) is 0 Å². The topological polar surface area (TPSA) is 62.2 Å². The van der Waals surface area contributed by atoms with Crippen molar-refractivity contribution in [2.75, 3.05) is 5.32 Å². The summed E-state index contributed by atoms with van der Waals surface area (Å²) in [4.78, 5) is 14.4. The zero-order valence-corrected chi connectivity index (χ0v) is 10.5. The van der Waals surface area contributed by atoms with Crippen LogP contribution in [-0.2, 0) is 11.0 Å². The summed E-state index contributed by atoms with van der Waals surface area (Å²) in [5, 5.41) is 11.5. The lowest BCUT2D eigenvalue weighted by Gasteiger charge is -2.17. The maximum Gasteiger partial charge on any atom is 0.433 e. The second kappa shape index (κ2) is 5.90. The third-order valence-electron chi connectivity index (χ3n) is 2.37. The van der Waals surface area contributed by atoms with Crippen molar-refractivity contribution in [2.45, 2.75) is 32.5 Å². The average molecular weight is 276 g/mol. The molecule has 0 radical (unpaired) electrons. The summed E-state index contributed by atoms with van der Waals surface area (Å²) < 4.78 is 37.4. The molecule has 1 aromatic rings. The Balaban J connectivity index is 2.88. The smallest absolute Gasteiger partial charge is 0.433 e. The first-order valence-corrected chi connectivity index (χ1v) is 5.73. The van der Waals surface area contributed by atoms with E-state index in [4.69, 9.17) is 5.11 Å². The second-order valence-corrected chi connectivity index (χ2v) is 4.57. The highest BCUT2D eigenvalue weighted by Gasteiger charge is 2.32. The van der Waals surface area contributed by atoms with Crippen LogP contribution < -0.4 is 5.32 Å². The lowest BCUT2D eigenvalue weighted by molar-refractivity contribution is -0.141. The standard InChI is InChI=1S/C12H15F3N2O2/c1-7(2)6-8(11(18)19)16-10-5-3-4-9(17-10)12(13,14)15/h3-5,7-8H,6H2,1-2H3,(H,16,17)(H,18,19)/t8-/m1/s1. The molecule has 0 amide bonds. The fourth-order valence-electron chi connectivity index (χ4n) is 1.54. The van der Waals surface area contributed by atoms with Gasteiger partial charge in [0.25, 0.3) is 0 Å². The van der Waals surface area contributed by atoms with E-state index in [1.807, 2.05) is 13.8 Å². The molecule has 7 heteroatoms. The number of anilines is 1. The Morgan fingerprint density at radius 2 is 2.05 bits per heavy atom. The first-order valence-electron chi connectivity index (χ1n) is 5.73. The minimum Gasteiger partial charge on any atom is -0.480 e. The van der Waals surface area contributed by atoms with E-state index in [0.29, 0.717) is 6.42 Å². The van der Waals surface area contributed by atoms with E-state index in [2.05, 4.69) is 10.3 Å². The van der Waals surface area contributed by atoms with E-state index in [1.165, 1.54) is 12.1 Å². The van der Waals surface area contributed by atoms with Crippen LogP contribution in [0.3, 0.4) is 0 Å². The van der Waals surface area contributed by atoms with Gasteiger partial charge in [-0.15, -0.1) is 0 Å². The molecule has 0 saturated heterocycles. The van der Waals surface area contributed by atoms with Gasteiger partial charge < -0.3 is 10.4 Å². The number of aromatic nitrogens is 1. The summed E-state index contributed by atoms with van der Waals surface area (Å²) in [6.07, 6.45) is -4.25. The maximum atomic E-state index is 12.5. The van der Waals surface area contributed by atoms with Gasteiger partial charge in [0, 0.05) is 0 Å². The zero-order chi connectivity index (χ0) is 14.6. The number of carboxylic acid groups (broad SMARTS) is 1. The van der Waals surface area contributed by atoms with Gasteiger partial charge in [-0.3, -0.25) is 0 Å². The lowest BCUT2D eigenvalue weighted by Crippen LogP contribution is -2.31. The largest absolute Gasteiger partial charge is 0.480 e. The molecule has 4 nitrogen and oxygen atoms in total. The van der Waals surface area contributed by atoms with Crippen LogP contribution in [0.2, 0.25) is 0 Å². The van der Waals surface area contributed by atoms with Crippen molar-refractivity contribution in [2.24, 2.45) is 5.92 Å².